The molecular weight excluding hydrogens is 354 g/mol. The van der Waals surface area contributed by atoms with Gasteiger partial charge in [-0.3, -0.25) is 4.79 Å². The van der Waals surface area contributed by atoms with Crippen LogP contribution in [0, 0.1) is 5.92 Å². The molecule has 0 aliphatic carbocycles. The molecular formula is C23H25NO4. The summed E-state index contributed by atoms with van der Waals surface area (Å²) in [6, 6.07) is 17.3. The number of furan rings is 1. The molecule has 1 saturated heterocycles. The number of nitrogens with zero attached hydrogens (tertiary/aromatic N) is 1. The molecule has 0 bridgehead atoms. The molecule has 5 heteroatoms. The van der Waals surface area contributed by atoms with Gasteiger partial charge in [-0.15, -0.1) is 0 Å². The van der Waals surface area contributed by atoms with Gasteiger partial charge in [-0.2, -0.15) is 0 Å². The van der Waals surface area contributed by atoms with E-state index >= 15 is 0 Å². The van der Waals surface area contributed by atoms with Crippen molar-refractivity contribution in [1.82, 2.24) is 4.90 Å². The number of carbonyl (C=O) groups is 1. The standard InChI is InChI=1S/C23H25NO4/c1-2-24(14-17-12-13-26-15-17)23(25)22-20(16-27-18-8-4-3-5-9-18)19-10-6-7-11-21(19)28-22/h3-11,17H,2,12-16H2,1H3. The number of ether oxygens (including phenoxy) is 2. The smallest absolute Gasteiger partial charge is 0.290 e. The molecule has 4 rings (SSSR count). The van der Waals surface area contributed by atoms with Gasteiger partial charge in [0.05, 0.1) is 6.61 Å². The average Bonchev–Trinajstić information content (AvgIpc) is 3.38. The highest BCUT2D eigenvalue weighted by Gasteiger charge is 2.27. The first kappa shape index (κ1) is 18.6. The molecule has 2 aromatic carbocycles. The van der Waals surface area contributed by atoms with Crippen LogP contribution >= 0.6 is 0 Å². The molecule has 1 unspecified atom stereocenters. The van der Waals surface area contributed by atoms with Gasteiger partial charge in [-0.05, 0) is 31.5 Å². The van der Waals surface area contributed by atoms with Crippen molar-refractivity contribution in [2.75, 3.05) is 26.3 Å². The van der Waals surface area contributed by atoms with Crippen molar-refractivity contribution in [3.05, 3.63) is 65.9 Å². The van der Waals surface area contributed by atoms with Crippen LogP contribution in [0.3, 0.4) is 0 Å². The highest BCUT2D eigenvalue weighted by molar-refractivity contribution is 5.99. The first-order chi connectivity index (χ1) is 13.8. The van der Waals surface area contributed by atoms with E-state index in [1.54, 1.807) is 0 Å². The summed E-state index contributed by atoms with van der Waals surface area (Å²) in [5.74, 6) is 1.44. The number of amides is 1. The predicted molar refractivity (Wildman–Crippen MR) is 107 cm³/mol. The molecule has 1 amide bonds. The zero-order valence-electron chi connectivity index (χ0n) is 16.1. The molecule has 2 heterocycles. The summed E-state index contributed by atoms with van der Waals surface area (Å²) in [5, 5.41) is 0.919. The lowest BCUT2D eigenvalue weighted by molar-refractivity contribution is 0.0697. The molecule has 1 fully saturated rings. The normalized spacial score (nSPS) is 16.4. The van der Waals surface area contributed by atoms with Gasteiger partial charge >= 0.3 is 0 Å². The van der Waals surface area contributed by atoms with E-state index in [2.05, 4.69) is 0 Å². The van der Waals surface area contributed by atoms with E-state index in [4.69, 9.17) is 13.9 Å². The molecule has 0 N–H and O–H groups in total. The molecule has 1 atom stereocenters. The zero-order valence-corrected chi connectivity index (χ0v) is 16.1. The molecule has 0 saturated carbocycles. The first-order valence-electron chi connectivity index (χ1n) is 9.81. The Morgan fingerprint density at radius 2 is 1.93 bits per heavy atom. The minimum Gasteiger partial charge on any atom is -0.489 e. The molecule has 1 aliphatic heterocycles. The fraction of sp³-hybridized carbons (Fsp3) is 0.348. The van der Waals surface area contributed by atoms with Gasteiger partial charge in [0.2, 0.25) is 0 Å². The van der Waals surface area contributed by atoms with E-state index in [1.807, 2.05) is 66.4 Å². The Kier molecular flexibility index (Phi) is 5.63. The van der Waals surface area contributed by atoms with E-state index in [0.29, 0.717) is 37.0 Å². The van der Waals surface area contributed by atoms with E-state index in [1.165, 1.54) is 0 Å². The maximum absolute atomic E-state index is 13.3. The second-order valence-electron chi connectivity index (χ2n) is 7.08. The molecule has 1 aromatic heterocycles. The van der Waals surface area contributed by atoms with Crippen LogP contribution in [0.1, 0.15) is 29.5 Å². The van der Waals surface area contributed by atoms with Crippen LogP contribution in [0.15, 0.2) is 59.0 Å². The fourth-order valence-electron chi connectivity index (χ4n) is 3.63. The SMILES string of the molecule is CCN(CC1CCOC1)C(=O)c1oc2ccccc2c1COc1ccccc1. The fourth-order valence-corrected chi connectivity index (χ4v) is 3.63. The Hall–Kier alpha value is -2.79. The summed E-state index contributed by atoms with van der Waals surface area (Å²) in [7, 11) is 0. The van der Waals surface area contributed by atoms with E-state index < -0.39 is 0 Å². The minimum atomic E-state index is -0.0859. The van der Waals surface area contributed by atoms with Crippen molar-refractivity contribution in [1.29, 1.82) is 0 Å². The molecule has 0 spiro atoms. The number of carbonyl (C=O) groups excluding carboxylic acids is 1. The molecule has 1 aliphatic rings. The van der Waals surface area contributed by atoms with Gasteiger partial charge in [0, 0.05) is 36.6 Å². The van der Waals surface area contributed by atoms with Gasteiger partial charge in [0.15, 0.2) is 5.76 Å². The lowest BCUT2D eigenvalue weighted by atomic mass is 10.1. The maximum Gasteiger partial charge on any atom is 0.290 e. The van der Waals surface area contributed by atoms with Crippen LogP contribution in [0.2, 0.25) is 0 Å². The molecule has 3 aromatic rings. The van der Waals surface area contributed by atoms with Crippen molar-refractivity contribution < 1.29 is 18.7 Å². The maximum atomic E-state index is 13.3. The summed E-state index contributed by atoms with van der Waals surface area (Å²) >= 11 is 0. The summed E-state index contributed by atoms with van der Waals surface area (Å²) < 4.78 is 17.4. The summed E-state index contributed by atoms with van der Waals surface area (Å²) in [4.78, 5) is 15.2. The van der Waals surface area contributed by atoms with Crippen molar-refractivity contribution >= 4 is 16.9 Å². The van der Waals surface area contributed by atoms with Crippen molar-refractivity contribution in [3.63, 3.8) is 0 Å². The molecule has 5 nitrogen and oxygen atoms in total. The summed E-state index contributed by atoms with van der Waals surface area (Å²) in [5.41, 5.74) is 1.50. The molecule has 28 heavy (non-hydrogen) atoms. The highest BCUT2D eigenvalue weighted by atomic mass is 16.5. The Balaban J connectivity index is 1.62. The Labute approximate surface area is 164 Å². The lowest BCUT2D eigenvalue weighted by Crippen LogP contribution is -2.35. The van der Waals surface area contributed by atoms with Gasteiger partial charge in [-0.1, -0.05) is 36.4 Å². The Bertz CT molecular complexity index is 928. The van der Waals surface area contributed by atoms with Gasteiger partial charge in [0.1, 0.15) is 17.9 Å². The third kappa shape index (κ3) is 3.90. The number of hydrogen-bond donors (Lipinski definition) is 0. The highest BCUT2D eigenvalue weighted by Crippen LogP contribution is 2.29. The Morgan fingerprint density at radius 3 is 2.68 bits per heavy atom. The number of rotatable bonds is 7. The zero-order chi connectivity index (χ0) is 19.3. The molecule has 0 radical (unpaired) electrons. The monoisotopic (exact) mass is 379 g/mol. The van der Waals surface area contributed by atoms with E-state index in [9.17, 15) is 4.79 Å². The summed E-state index contributed by atoms with van der Waals surface area (Å²) in [6.07, 6.45) is 0.994. The Morgan fingerprint density at radius 1 is 1.14 bits per heavy atom. The van der Waals surface area contributed by atoms with E-state index in [0.717, 1.165) is 29.7 Å². The second kappa shape index (κ2) is 8.48. The van der Waals surface area contributed by atoms with Crippen molar-refractivity contribution in [2.24, 2.45) is 5.92 Å². The number of benzene rings is 2. The van der Waals surface area contributed by atoms with Gasteiger partial charge in [0.25, 0.3) is 5.91 Å². The van der Waals surface area contributed by atoms with Crippen LogP contribution in [0.25, 0.3) is 11.0 Å². The second-order valence-corrected chi connectivity index (χ2v) is 7.08. The van der Waals surface area contributed by atoms with Gasteiger partial charge in [-0.25, -0.2) is 0 Å². The lowest BCUT2D eigenvalue weighted by Gasteiger charge is -2.23. The van der Waals surface area contributed by atoms with Crippen molar-refractivity contribution in [3.8, 4) is 5.75 Å². The predicted octanol–water partition coefficient (Wildman–Crippen LogP) is 4.51. The number of fused-ring (bicyclic) bond motifs is 1. The molecule has 146 valence electrons. The van der Waals surface area contributed by atoms with Crippen LogP contribution in [-0.2, 0) is 11.3 Å². The van der Waals surface area contributed by atoms with Crippen LogP contribution < -0.4 is 4.74 Å². The van der Waals surface area contributed by atoms with Crippen LogP contribution in [0.5, 0.6) is 5.75 Å². The minimum absolute atomic E-state index is 0.0859. The van der Waals surface area contributed by atoms with Crippen molar-refractivity contribution in [2.45, 2.75) is 20.0 Å². The first-order valence-corrected chi connectivity index (χ1v) is 9.81. The third-order valence-corrected chi connectivity index (χ3v) is 5.19. The third-order valence-electron chi connectivity index (χ3n) is 5.19. The van der Waals surface area contributed by atoms with Crippen LogP contribution in [-0.4, -0.2) is 37.1 Å². The van der Waals surface area contributed by atoms with Crippen LogP contribution in [0.4, 0.5) is 0 Å². The largest absolute Gasteiger partial charge is 0.489 e. The van der Waals surface area contributed by atoms with Gasteiger partial charge < -0.3 is 18.8 Å². The quantitative estimate of drug-likeness (QED) is 0.606. The average molecular weight is 379 g/mol. The van der Waals surface area contributed by atoms with E-state index in [-0.39, 0.29) is 12.5 Å². The topological polar surface area (TPSA) is 51.9 Å². The number of hydrogen-bond acceptors (Lipinski definition) is 4. The number of para-hydroxylation sites is 2. The summed E-state index contributed by atoms with van der Waals surface area (Å²) in [6.45, 7) is 5.09.